The quantitative estimate of drug-likeness (QED) is 0.890. The normalized spacial score (nSPS) is 24.3. The smallest absolute Gasteiger partial charge is 0.129 e. The average Bonchev–Trinajstić information content (AvgIpc) is 2.27. The Balaban J connectivity index is 2.21. The van der Waals surface area contributed by atoms with Crippen molar-refractivity contribution in [1.29, 1.82) is 0 Å². The molecule has 100 valence electrons. The first-order chi connectivity index (χ1) is 8.58. The molecule has 1 aliphatic heterocycles. The van der Waals surface area contributed by atoms with Crippen molar-refractivity contribution in [2.24, 2.45) is 11.8 Å². The minimum atomic E-state index is 0.767. The molecule has 1 saturated heterocycles. The predicted molar refractivity (Wildman–Crippen MR) is 76.9 cm³/mol. The zero-order chi connectivity index (χ0) is 13.1. The number of piperidine rings is 1. The minimum absolute atomic E-state index is 0.767. The maximum atomic E-state index is 4.71. The molecule has 0 bridgehead atoms. The average molecular weight is 247 g/mol. The fourth-order valence-electron chi connectivity index (χ4n) is 3.04. The van der Waals surface area contributed by atoms with Crippen LogP contribution in [0.2, 0.25) is 0 Å². The van der Waals surface area contributed by atoms with Gasteiger partial charge in [0.25, 0.3) is 0 Å². The van der Waals surface area contributed by atoms with Crippen LogP contribution in [-0.2, 0) is 6.54 Å². The van der Waals surface area contributed by atoms with Crippen LogP contribution in [-0.4, -0.2) is 25.1 Å². The van der Waals surface area contributed by atoms with Gasteiger partial charge in [0.2, 0.25) is 0 Å². The molecule has 0 aliphatic carbocycles. The number of hydrogen-bond donors (Lipinski definition) is 1. The number of nitrogens with one attached hydrogen (secondary N) is 1. The molecule has 2 rings (SSSR count). The van der Waals surface area contributed by atoms with Crippen molar-refractivity contribution in [2.45, 2.75) is 33.7 Å². The lowest BCUT2D eigenvalue weighted by Gasteiger charge is -2.36. The minimum Gasteiger partial charge on any atom is -0.356 e. The molecule has 3 nitrogen and oxygen atoms in total. The number of nitrogens with zero attached hydrogens (tertiary/aromatic N) is 2. The van der Waals surface area contributed by atoms with E-state index in [0.29, 0.717) is 0 Å². The molecular weight excluding hydrogens is 222 g/mol. The molecule has 1 aromatic heterocycles. The Hall–Kier alpha value is -1.09. The van der Waals surface area contributed by atoms with E-state index >= 15 is 0 Å². The van der Waals surface area contributed by atoms with E-state index in [0.717, 1.165) is 43.0 Å². The van der Waals surface area contributed by atoms with Gasteiger partial charge in [-0.05, 0) is 49.9 Å². The van der Waals surface area contributed by atoms with Crippen molar-refractivity contribution >= 4 is 5.82 Å². The summed E-state index contributed by atoms with van der Waals surface area (Å²) in [6, 6.07) is 4.39. The summed E-state index contributed by atoms with van der Waals surface area (Å²) in [5.74, 6) is 2.69. The second-order valence-corrected chi connectivity index (χ2v) is 5.86. The molecule has 0 spiro atoms. The largest absolute Gasteiger partial charge is 0.356 e. The third-order valence-electron chi connectivity index (χ3n) is 3.57. The monoisotopic (exact) mass is 247 g/mol. The molecule has 3 heteroatoms. The maximum Gasteiger partial charge on any atom is 0.129 e. The fraction of sp³-hybridized carbons (Fsp3) is 0.667. The van der Waals surface area contributed by atoms with Gasteiger partial charge < -0.3 is 10.2 Å². The van der Waals surface area contributed by atoms with Crippen LogP contribution in [0.25, 0.3) is 0 Å². The van der Waals surface area contributed by atoms with Crippen LogP contribution < -0.4 is 10.2 Å². The van der Waals surface area contributed by atoms with Crippen molar-refractivity contribution < 1.29 is 0 Å². The number of pyridine rings is 1. The summed E-state index contributed by atoms with van der Waals surface area (Å²) in [6.07, 6.45) is 1.34. The highest BCUT2D eigenvalue weighted by molar-refractivity contribution is 5.43. The summed E-state index contributed by atoms with van der Waals surface area (Å²) in [5.41, 5.74) is 2.44. The Morgan fingerprint density at radius 2 is 1.94 bits per heavy atom. The standard InChI is InChI=1S/C15H25N3/c1-11-5-12(2)10-18(9-11)15-7-14(8-16-4)6-13(3)17-15/h6-7,11-12,16H,5,8-10H2,1-4H3. The molecule has 2 atom stereocenters. The van der Waals surface area contributed by atoms with E-state index in [1.165, 1.54) is 12.0 Å². The number of aryl methyl sites for hydroxylation is 1. The maximum absolute atomic E-state index is 4.71. The van der Waals surface area contributed by atoms with Crippen LogP contribution in [0.5, 0.6) is 0 Å². The first kappa shape index (κ1) is 13.3. The van der Waals surface area contributed by atoms with Crippen LogP contribution in [0, 0.1) is 18.8 Å². The molecule has 0 amide bonds. The van der Waals surface area contributed by atoms with E-state index in [1.54, 1.807) is 0 Å². The zero-order valence-corrected chi connectivity index (χ0v) is 12.0. The molecule has 18 heavy (non-hydrogen) atoms. The third kappa shape index (κ3) is 3.22. The van der Waals surface area contributed by atoms with E-state index in [2.05, 4.69) is 43.1 Å². The summed E-state index contributed by atoms with van der Waals surface area (Å²) in [7, 11) is 1.99. The second kappa shape index (κ2) is 5.70. The van der Waals surface area contributed by atoms with Crippen LogP contribution in [0.1, 0.15) is 31.5 Å². The first-order valence-electron chi connectivity index (χ1n) is 6.95. The molecular formula is C15H25N3. The topological polar surface area (TPSA) is 28.2 Å². The molecule has 0 aromatic carbocycles. The molecule has 1 aliphatic rings. The van der Waals surface area contributed by atoms with E-state index in [9.17, 15) is 0 Å². The van der Waals surface area contributed by atoms with Crippen LogP contribution in [0.3, 0.4) is 0 Å². The molecule has 1 N–H and O–H groups in total. The summed E-state index contributed by atoms with van der Waals surface area (Å²) >= 11 is 0. The Bertz CT molecular complexity index is 393. The van der Waals surface area contributed by atoms with Gasteiger partial charge in [-0.3, -0.25) is 0 Å². The van der Waals surface area contributed by atoms with E-state index in [1.807, 2.05) is 7.05 Å². The predicted octanol–water partition coefficient (Wildman–Crippen LogP) is 2.59. The number of rotatable bonds is 3. The molecule has 1 fully saturated rings. The summed E-state index contributed by atoms with van der Waals surface area (Å²) in [4.78, 5) is 7.16. The van der Waals surface area contributed by atoms with Gasteiger partial charge in [0.15, 0.2) is 0 Å². The highest BCUT2D eigenvalue weighted by Gasteiger charge is 2.22. The van der Waals surface area contributed by atoms with Crippen LogP contribution in [0.4, 0.5) is 5.82 Å². The lowest BCUT2D eigenvalue weighted by atomic mass is 9.92. The van der Waals surface area contributed by atoms with Crippen molar-refractivity contribution in [1.82, 2.24) is 10.3 Å². The van der Waals surface area contributed by atoms with Gasteiger partial charge in [-0.15, -0.1) is 0 Å². The van der Waals surface area contributed by atoms with Crippen molar-refractivity contribution in [3.63, 3.8) is 0 Å². The Labute approximate surface area is 111 Å². The Morgan fingerprint density at radius 3 is 2.56 bits per heavy atom. The van der Waals surface area contributed by atoms with Crippen LogP contribution >= 0.6 is 0 Å². The van der Waals surface area contributed by atoms with Crippen molar-refractivity contribution in [3.8, 4) is 0 Å². The molecule has 2 unspecified atom stereocenters. The van der Waals surface area contributed by atoms with E-state index in [-0.39, 0.29) is 0 Å². The fourth-order valence-corrected chi connectivity index (χ4v) is 3.04. The second-order valence-electron chi connectivity index (χ2n) is 5.86. The van der Waals surface area contributed by atoms with Gasteiger partial charge in [-0.2, -0.15) is 0 Å². The van der Waals surface area contributed by atoms with Crippen molar-refractivity contribution in [2.75, 3.05) is 25.0 Å². The Kier molecular flexibility index (Phi) is 4.23. The van der Waals surface area contributed by atoms with Crippen LogP contribution in [0.15, 0.2) is 12.1 Å². The van der Waals surface area contributed by atoms with Gasteiger partial charge in [0.1, 0.15) is 5.82 Å². The lowest BCUT2D eigenvalue weighted by molar-refractivity contribution is 0.355. The number of aromatic nitrogens is 1. The van der Waals surface area contributed by atoms with Gasteiger partial charge in [-0.1, -0.05) is 13.8 Å². The first-order valence-corrected chi connectivity index (χ1v) is 6.95. The van der Waals surface area contributed by atoms with Gasteiger partial charge in [0, 0.05) is 25.3 Å². The van der Waals surface area contributed by atoms with Gasteiger partial charge >= 0.3 is 0 Å². The summed E-state index contributed by atoms with van der Waals surface area (Å²) in [6.45, 7) is 9.95. The van der Waals surface area contributed by atoms with Gasteiger partial charge in [0.05, 0.1) is 0 Å². The highest BCUT2D eigenvalue weighted by Crippen LogP contribution is 2.25. The lowest BCUT2D eigenvalue weighted by Crippen LogP contribution is -2.39. The number of hydrogen-bond acceptors (Lipinski definition) is 3. The summed E-state index contributed by atoms with van der Waals surface area (Å²) < 4.78 is 0. The highest BCUT2D eigenvalue weighted by atomic mass is 15.2. The molecule has 2 heterocycles. The van der Waals surface area contributed by atoms with E-state index in [4.69, 9.17) is 4.98 Å². The third-order valence-corrected chi connectivity index (χ3v) is 3.57. The van der Waals surface area contributed by atoms with E-state index < -0.39 is 0 Å². The van der Waals surface area contributed by atoms with Gasteiger partial charge in [-0.25, -0.2) is 4.98 Å². The number of anilines is 1. The Morgan fingerprint density at radius 1 is 1.28 bits per heavy atom. The zero-order valence-electron chi connectivity index (χ0n) is 12.0. The molecule has 1 aromatic rings. The SMILES string of the molecule is CNCc1cc(C)nc(N2CC(C)CC(C)C2)c1. The summed E-state index contributed by atoms with van der Waals surface area (Å²) in [5, 5.41) is 3.21. The van der Waals surface area contributed by atoms with Crippen molar-refractivity contribution in [3.05, 3.63) is 23.4 Å². The molecule has 0 saturated carbocycles. The molecule has 0 radical (unpaired) electrons.